The zero-order valence-electron chi connectivity index (χ0n) is 16.0. The summed E-state index contributed by atoms with van der Waals surface area (Å²) in [5.41, 5.74) is 1.23. The van der Waals surface area contributed by atoms with Crippen LogP contribution in [-0.4, -0.2) is 53.8 Å². The van der Waals surface area contributed by atoms with Gasteiger partial charge < -0.3 is 14.5 Å². The van der Waals surface area contributed by atoms with Crippen LogP contribution in [0, 0.1) is 0 Å². The summed E-state index contributed by atoms with van der Waals surface area (Å²) in [7, 11) is 0. The molecule has 1 aliphatic rings. The summed E-state index contributed by atoms with van der Waals surface area (Å²) in [6, 6.07) is 13.8. The molecule has 0 bridgehead atoms. The van der Waals surface area contributed by atoms with E-state index in [2.05, 4.69) is 0 Å². The highest BCUT2D eigenvalue weighted by molar-refractivity contribution is 6.32. The Kier molecular flexibility index (Phi) is 6.67. The summed E-state index contributed by atoms with van der Waals surface area (Å²) in [5.74, 6) is -0.375. The van der Waals surface area contributed by atoms with Gasteiger partial charge in [0.1, 0.15) is 5.75 Å². The molecule has 6 nitrogen and oxygen atoms in total. The van der Waals surface area contributed by atoms with Crippen LogP contribution in [0.2, 0.25) is 5.02 Å². The second-order valence-electron chi connectivity index (χ2n) is 6.59. The van der Waals surface area contributed by atoms with Gasteiger partial charge in [-0.1, -0.05) is 35.9 Å². The lowest BCUT2D eigenvalue weighted by Crippen LogP contribution is -2.50. The van der Waals surface area contributed by atoms with Gasteiger partial charge in [0.15, 0.2) is 0 Å². The SMILES string of the molecule is CC(=O)Oc1cccc(C(=O)N2CCN(C(=O)/C=C/c3ccccc3Cl)CC2)c1. The maximum Gasteiger partial charge on any atom is 0.308 e. The van der Waals surface area contributed by atoms with E-state index < -0.39 is 5.97 Å². The summed E-state index contributed by atoms with van der Waals surface area (Å²) < 4.78 is 5.03. The van der Waals surface area contributed by atoms with Crippen LogP contribution >= 0.6 is 11.6 Å². The zero-order chi connectivity index (χ0) is 20.8. The molecule has 2 aromatic rings. The van der Waals surface area contributed by atoms with Gasteiger partial charge >= 0.3 is 5.97 Å². The van der Waals surface area contributed by atoms with Crippen molar-refractivity contribution in [2.45, 2.75) is 6.92 Å². The van der Waals surface area contributed by atoms with Crippen LogP contribution in [0.4, 0.5) is 0 Å². The lowest BCUT2D eigenvalue weighted by Gasteiger charge is -2.34. The first kappa shape index (κ1) is 20.6. The predicted octanol–water partition coefficient (Wildman–Crippen LogP) is 3.26. The van der Waals surface area contributed by atoms with Gasteiger partial charge in [-0.05, 0) is 35.9 Å². The zero-order valence-corrected chi connectivity index (χ0v) is 16.8. The number of rotatable bonds is 4. The molecule has 0 saturated carbocycles. The van der Waals surface area contributed by atoms with Gasteiger partial charge in [0, 0.05) is 49.8 Å². The molecular weight excluding hydrogens is 392 g/mol. The molecule has 0 atom stereocenters. The highest BCUT2D eigenvalue weighted by atomic mass is 35.5. The first-order chi connectivity index (χ1) is 13.9. The van der Waals surface area contributed by atoms with Crippen molar-refractivity contribution >= 4 is 35.5 Å². The Morgan fingerprint density at radius 1 is 0.966 bits per heavy atom. The van der Waals surface area contributed by atoms with Gasteiger partial charge in [-0.15, -0.1) is 0 Å². The average Bonchev–Trinajstić information content (AvgIpc) is 2.72. The van der Waals surface area contributed by atoms with E-state index in [0.29, 0.717) is 42.5 Å². The number of esters is 1. The van der Waals surface area contributed by atoms with E-state index >= 15 is 0 Å². The van der Waals surface area contributed by atoms with Gasteiger partial charge in [-0.3, -0.25) is 14.4 Å². The Bertz CT molecular complexity index is 949. The second kappa shape index (κ2) is 9.39. The molecular formula is C22H21ClN2O4. The summed E-state index contributed by atoms with van der Waals surface area (Å²) in [5, 5.41) is 0.586. The van der Waals surface area contributed by atoms with Crippen LogP contribution in [-0.2, 0) is 9.59 Å². The largest absolute Gasteiger partial charge is 0.427 e. The number of hydrogen-bond donors (Lipinski definition) is 0. The molecule has 1 saturated heterocycles. The van der Waals surface area contributed by atoms with Crippen LogP contribution in [0.5, 0.6) is 5.75 Å². The van der Waals surface area contributed by atoms with Gasteiger partial charge in [-0.25, -0.2) is 0 Å². The Morgan fingerprint density at radius 3 is 2.34 bits per heavy atom. The third-order valence-corrected chi connectivity index (χ3v) is 4.88. The number of halogens is 1. The molecule has 2 amide bonds. The third-order valence-electron chi connectivity index (χ3n) is 4.53. The Labute approximate surface area is 174 Å². The molecule has 0 N–H and O–H groups in total. The van der Waals surface area contributed by atoms with E-state index in [1.54, 1.807) is 46.2 Å². The number of nitrogens with zero attached hydrogens (tertiary/aromatic N) is 2. The molecule has 1 heterocycles. The maximum absolute atomic E-state index is 12.7. The number of ether oxygens (including phenoxy) is 1. The number of hydrogen-bond acceptors (Lipinski definition) is 4. The fraction of sp³-hybridized carbons (Fsp3) is 0.227. The molecule has 29 heavy (non-hydrogen) atoms. The Balaban J connectivity index is 1.57. The topological polar surface area (TPSA) is 66.9 Å². The molecule has 0 aromatic heterocycles. The first-order valence-corrected chi connectivity index (χ1v) is 9.61. The number of piperazine rings is 1. The summed E-state index contributed by atoms with van der Waals surface area (Å²) >= 11 is 6.10. The molecule has 7 heteroatoms. The number of benzene rings is 2. The van der Waals surface area contributed by atoms with Gasteiger partial charge in [0.2, 0.25) is 5.91 Å². The van der Waals surface area contributed by atoms with Gasteiger partial charge in [0.05, 0.1) is 0 Å². The quantitative estimate of drug-likeness (QED) is 0.439. The van der Waals surface area contributed by atoms with Crippen LogP contribution in [0.15, 0.2) is 54.6 Å². The molecule has 0 unspecified atom stereocenters. The predicted molar refractivity (Wildman–Crippen MR) is 111 cm³/mol. The Morgan fingerprint density at radius 2 is 1.66 bits per heavy atom. The van der Waals surface area contributed by atoms with Crippen molar-refractivity contribution in [3.8, 4) is 5.75 Å². The maximum atomic E-state index is 12.7. The molecule has 1 fully saturated rings. The summed E-state index contributed by atoms with van der Waals surface area (Å²) in [6.45, 7) is 3.07. The van der Waals surface area contributed by atoms with Crippen molar-refractivity contribution in [2.75, 3.05) is 26.2 Å². The van der Waals surface area contributed by atoms with E-state index in [-0.39, 0.29) is 11.8 Å². The monoisotopic (exact) mass is 412 g/mol. The van der Waals surface area contributed by atoms with Crippen molar-refractivity contribution in [1.82, 2.24) is 9.80 Å². The number of carbonyl (C=O) groups excluding carboxylic acids is 3. The minimum Gasteiger partial charge on any atom is -0.427 e. The fourth-order valence-corrected chi connectivity index (χ4v) is 3.25. The van der Waals surface area contributed by atoms with E-state index in [4.69, 9.17) is 16.3 Å². The number of carbonyl (C=O) groups is 3. The van der Waals surface area contributed by atoms with Crippen molar-refractivity contribution in [2.24, 2.45) is 0 Å². The summed E-state index contributed by atoms with van der Waals surface area (Å²) in [4.78, 5) is 39.6. The fourth-order valence-electron chi connectivity index (χ4n) is 3.05. The normalized spacial score (nSPS) is 14.1. The standard InChI is InChI=1S/C22H21ClN2O4/c1-16(26)29-19-7-4-6-18(15-19)22(28)25-13-11-24(12-14-25)21(27)10-9-17-5-2-3-8-20(17)23/h2-10,15H,11-14H2,1H3/b10-9+. The van der Waals surface area contributed by atoms with Crippen molar-refractivity contribution < 1.29 is 19.1 Å². The first-order valence-electron chi connectivity index (χ1n) is 9.23. The van der Waals surface area contributed by atoms with Crippen LogP contribution < -0.4 is 4.74 Å². The van der Waals surface area contributed by atoms with E-state index in [1.165, 1.54) is 13.0 Å². The highest BCUT2D eigenvalue weighted by Gasteiger charge is 2.24. The molecule has 150 valence electrons. The smallest absolute Gasteiger partial charge is 0.308 e. The molecule has 0 aliphatic carbocycles. The minimum absolute atomic E-state index is 0.117. The van der Waals surface area contributed by atoms with Crippen LogP contribution in [0.3, 0.4) is 0 Å². The molecule has 3 rings (SSSR count). The van der Waals surface area contributed by atoms with Gasteiger partial charge in [-0.2, -0.15) is 0 Å². The van der Waals surface area contributed by atoms with Crippen molar-refractivity contribution in [1.29, 1.82) is 0 Å². The van der Waals surface area contributed by atoms with Crippen LogP contribution in [0.1, 0.15) is 22.8 Å². The average molecular weight is 413 g/mol. The Hall–Kier alpha value is -3.12. The molecule has 2 aromatic carbocycles. The second-order valence-corrected chi connectivity index (χ2v) is 7.00. The van der Waals surface area contributed by atoms with E-state index in [9.17, 15) is 14.4 Å². The van der Waals surface area contributed by atoms with Gasteiger partial charge in [0.25, 0.3) is 5.91 Å². The lowest BCUT2D eigenvalue weighted by atomic mass is 10.1. The molecule has 0 spiro atoms. The highest BCUT2D eigenvalue weighted by Crippen LogP contribution is 2.18. The van der Waals surface area contributed by atoms with Crippen LogP contribution in [0.25, 0.3) is 6.08 Å². The summed E-state index contributed by atoms with van der Waals surface area (Å²) in [6.07, 6.45) is 3.20. The lowest BCUT2D eigenvalue weighted by molar-refractivity contribution is -0.132. The van der Waals surface area contributed by atoms with Crippen molar-refractivity contribution in [3.05, 3.63) is 70.8 Å². The molecule has 0 radical (unpaired) electrons. The number of amides is 2. The van der Waals surface area contributed by atoms with E-state index in [1.807, 2.05) is 18.2 Å². The minimum atomic E-state index is -0.438. The molecule has 1 aliphatic heterocycles. The van der Waals surface area contributed by atoms with Crippen molar-refractivity contribution in [3.63, 3.8) is 0 Å². The van der Waals surface area contributed by atoms with E-state index in [0.717, 1.165) is 5.56 Å². The third kappa shape index (κ3) is 5.45.